The molecule has 0 aliphatic carbocycles. The van der Waals surface area contributed by atoms with Gasteiger partial charge in [0.2, 0.25) is 0 Å². The van der Waals surface area contributed by atoms with Gasteiger partial charge in [0.15, 0.2) is 0 Å². The summed E-state index contributed by atoms with van der Waals surface area (Å²) in [6.07, 6.45) is 3.01. The second kappa shape index (κ2) is 3.89. The maximum absolute atomic E-state index is 9.78. The van der Waals surface area contributed by atoms with Crippen molar-refractivity contribution in [2.45, 2.75) is 25.5 Å². The highest BCUT2D eigenvalue weighted by Gasteiger charge is 2.19. The first-order valence-electron chi connectivity index (χ1n) is 5.76. The predicted molar refractivity (Wildman–Crippen MR) is 63.7 cm³/mol. The SMILES string of the molecule is Oc1ccccc1-c1cn2c(n1)CC(O)CC2. The topological polar surface area (TPSA) is 58.3 Å². The molecule has 1 aromatic heterocycles. The van der Waals surface area contributed by atoms with Crippen LogP contribution in [0.25, 0.3) is 11.3 Å². The van der Waals surface area contributed by atoms with Gasteiger partial charge in [-0.05, 0) is 18.6 Å². The Morgan fingerprint density at radius 2 is 2.12 bits per heavy atom. The Morgan fingerprint density at radius 1 is 1.29 bits per heavy atom. The van der Waals surface area contributed by atoms with E-state index in [1.807, 2.05) is 18.3 Å². The van der Waals surface area contributed by atoms with Crippen molar-refractivity contribution in [3.63, 3.8) is 0 Å². The Morgan fingerprint density at radius 3 is 2.94 bits per heavy atom. The third kappa shape index (κ3) is 1.80. The van der Waals surface area contributed by atoms with E-state index in [4.69, 9.17) is 0 Å². The zero-order valence-electron chi connectivity index (χ0n) is 9.37. The lowest BCUT2D eigenvalue weighted by atomic mass is 10.1. The molecule has 0 spiro atoms. The molecule has 0 amide bonds. The smallest absolute Gasteiger partial charge is 0.125 e. The summed E-state index contributed by atoms with van der Waals surface area (Å²) in [6.45, 7) is 0.789. The fourth-order valence-electron chi connectivity index (χ4n) is 2.23. The number of aliphatic hydroxyl groups excluding tert-OH is 1. The molecular weight excluding hydrogens is 216 g/mol. The monoisotopic (exact) mass is 230 g/mol. The third-order valence-corrected chi connectivity index (χ3v) is 3.16. The predicted octanol–water partition coefficient (Wildman–Crippen LogP) is 1.56. The van der Waals surface area contributed by atoms with E-state index in [0.717, 1.165) is 30.0 Å². The minimum Gasteiger partial charge on any atom is -0.507 e. The summed E-state index contributed by atoms with van der Waals surface area (Å²) >= 11 is 0. The number of aryl methyl sites for hydroxylation is 1. The highest BCUT2D eigenvalue weighted by molar-refractivity contribution is 5.66. The maximum atomic E-state index is 9.78. The van der Waals surface area contributed by atoms with Gasteiger partial charge in [-0.1, -0.05) is 12.1 Å². The van der Waals surface area contributed by atoms with E-state index in [1.165, 1.54) is 0 Å². The minimum absolute atomic E-state index is 0.239. The number of imidazole rings is 1. The second-order valence-corrected chi connectivity index (χ2v) is 4.40. The summed E-state index contributed by atoms with van der Waals surface area (Å²) in [5, 5.41) is 19.4. The molecule has 1 aliphatic heterocycles. The van der Waals surface area contributed by atoms with Crippen LogP contribution in [-0.4, -0.2) is 25.9 Å². The molecule has 88 valence electrons. The quantitative estimate of drug-likeness (QED) is 0.781. The summed E-state index contributed by atoms with van der Waals surface area (Å²) in [5.74, 6) is 1.13. The first-order chi connectivity index (χ1) is 8.24. The lowest BCUT2D eigenvalue weighted by Gasteiger charge is -2.18. The van der Waals surface area contributed by atoms with Gasteiger partial charge in [-0.15, -0.1) is 0 Å². The molecule has 1 aliphatic rings. The Hall–Kier alpha value is -1.81. The number of aromatic hydroxyl groups is 1. The van der Waals surface area contributed by atoms with Gasteiger partial charge >= 0.3 is 0 Å². The van der Waals surface area contributed by atoms with Gasteiger partial charge in [0.05, 0.1) is 11.8 Å². The molecule has 1 unspecified atom stereocenters. The van der Waals surface area contributed by atoms with Crippen molar-refractivity contribution >= 4 is 0 Å². The van der Waals surface area contributed by atoms with Crippen LogP contribution >= 0.6 is 0 Å². The van der Waals surface area contributed by atoms with Gasteiger partial charge in [-0.25, -0.2) is 4.98 Å². The van der Waals surface area contributed by atoms with Gasteiger partial charge in [0.1, 0.15) is 11.6 Å². The summed E-state index contributed by atoms with van der Waals surface area (Å²) in [4.78, 5) is 4.48. The van der Waals surface area contributed by atoms with Crippen LogP contribution in [0.1, 0.15) is 12.2 Å². The summed E-state index contributed by atoms with van der Waals surface area (Å²) in [6, 6.07) is 7.17. The Balaban J connectivity index is 2.03. The third-order valence-electron chi connectivity index (χ3n) is 3.16. The highest BCUT2D eigenvalue weighted by atomic mass is 16.3. The molecule has 0 saturated carbocycles. The lowest BCUT2D eigenvalue weighted by molar-refractivity contribution is 0.141. The average Bonchev–Trinajstić information content (AvgIpc) is 2.72. The largest absolute Gasteiger partial charge is 0.507 e. The van der Waals surface area contributed by atoms with Crippen LogP contribution in [0.15, 0.2) is 30.5 Å². The fourth-order valence-corrected chi connectivity index (χ4v) is 2.23. The number of hydrogen-bond acceptors (Lipinski definition) is 3. The van der Waals surface area contributed by atoms with Crippen LogP contribution in [-0.2, 0) is 13.0 Å². The molecule has 4 heteroatoms. The van der Waals surface area contributed by atoms with Crippen molar-refractivity contribution in [1.82, 2.24) is 9.55 Å². The van der Waals surface area contributed by atoms with Gasteiger partial charge in [-0.2, -0.15) is 0 Å². The number of hydrogen-bond donors (Lipinski definition) is 2. The van der Waals surface area contributed by atoms with Crippen molar-refractivity contribution < 1.29 is 10.2 Å². The highest BCUT2D eigenvalue weighted by Crippen LogP contribution is 2.29. The number of benzene rings is 1. The fraction of sp³-hybridized carbons (Fsp3) is 0.308. The van der Waals surface area contributed by atoms with Crippen molar-refractivity contribution in [2.75, 3.05) is 0 Å². The van der Waals surface area contributed by atoms with Crippen LogP contribution in [0.2, 0.25) is 0 Å². The first kappa shape index (κ1) is 10.4. The zero-order chi connectivity index (χ0) is 11.8. The molecule has 0 bridgehead atoms. The average molecular weight is 230 g/mol. The zero-order valence-corrected chi connectivity index (χ0v) is 9.37. The molecule has 1 aromatic carbocycles. The van der Waals surface area contributed by atoms with Gasteiger partial charge in [-0.3, -0.25) is 0 Å². The number of aliphatic hydroxyl groups is 1. The number of para-hydroxylation sites is 1. The number of phenols is 1. The number of fused-ring (bicyclic) bond motifs is 1. The van der Waals surface area contributed by atoms with Gasteiger partial charge in [0, 0.05) is 24.7 Å². The lowest BCUT2D eigenvalue weighted by Crippen LogP contribution is -2.22. The number of phenolic OH excluding ortho intramolecular Hbond substituents is 1. The van der Waals surface area contributed by atoms with E-state index in [9.17, 15) is 10.2 Å². The normalized spacial score (nSPS) is 19.0. The van der Waals surface area contributed by atoms with Gasteiger partial charge < -0.3 is 14.8 Å². The van der Waals surface area contributed by atoms with Crippen LogP contribution in [0.4, 0.5) is 0 Å². The van der Waals surface area contributed by atoms with E-state index < -0.39 is 0 Å². The molecular formula is C13H14N2O2. The van der Waals surface area contributed by atoms with E-state index in [1.54, 1.807) is 12.1 Å². The molecule has 17 heavy (non-hydrogen) atoms. The second-order valence-electron chi connectivity index (χ2n) is 4.40. The van der Waals surface area contributed by atoms with Crippen molar-refractivity contribution in [3.8, 4) is 17.0 Å². The molecule has 2 aromatic rings. The number of nitrogens with zero attached hydrogens (tertiary/aromatic N) is 2. The molecule has 4 nitrogen and oxygen atoms in total. The Labute approximate surface area is 99.2 Å². The molecule has 0 fully saturated rings. The number of rotatable bonds is 1. The summed E-state index contributed by atoms with van der Waals surface area (Å²) in [5.41, 5.74) is 1.51. The van der Waals surface area contributed by atoms with Crippen LogP contribution in [0, 0.1) is 0 Å². The van der Waals surface area contributed by atoms with Gasteiger partial charge in [0.25, 0.3) is 0 Å². The van der Waals surface area contributed by atoms with Crippen molar-refractivity contribution in [1.29, 1.82) is 0 Å². The first-order valence-corrected chi connectivity index (χ1v) is 5.76. The van der Waals surface area contributed by atoms with E-state index in [2.05, 4.69) is 9.55 Å². The van der Waals surface area contributed by atoms with E-state index in [0.29, 0.717) is 6.42 Å². The molecule has 1 atom stereocenters. The molecule has 2 heterocycles. The standard InChI is InChI=1S/C13H14N2O2/c16-9-5-6-15-8-11(14-13(15)7-9)10-3-1-2-4-12(10)17/h1-4,8-9,16-17H,5-7H2. The number of aromatic nitrogens is 2. The van der Waals surface area contributed by atoms with Crippen LogP contribution < -0.4 is 0 Å². The maximum Gasteiger partial charge on any atom is 0.125 e. The van der Waals surface area contributed by atoms with E-state index in [-0.39, 0.29) is 11.9 Å². The van der Waals surface area contributed by atoms with Crippen LogP contribution in [0.3, 0.4) is 0 Å². The molecule has 2 N–H and O–H groups in total. The van der Waals surface area contributed by atoms with Crippen molar-refractivity contribution in [2.24, 2.45) is 0 Å². The Kier molecular flexibility index (Phi) is 2.37. The van der Waals surface area contributed by atoms with Crippen molar-refractivity contribution in [3.05, 3.63) is 36.3 Å². The molecule has 0 radical (unpaired) electrons. The Bertz CT molecular complexity index is 548. The van der Waals surface area contributed by atoms with E-state index >= 15 is 0 Å². The summed E-state index contributed by atoms with van der Waals surface area (Å²) < 4.78 is 2.05. The summed E-state index contributed by atoms with van der Waals surface area (Å²) in [7, 11) is 0. The minimum atomic E-state index is -0.290. The molecule has 3 rings (SSSR count). The molecule has 0 saturated heterocycles. The van der Waals surface area contributed by atoms with Crippen LogP contribution in [0.5, 0.6) is 5.75 Å².